The maximum absolute atomic E-state index is 3.76. The topological polar surface area (TPSA) is 0 Å². The van der Waals surface area contributed by atoms with Gasteiger partial charge in [-0.15, -0.1) is 12.1 Å². The van der Waals surface area contributed by atoms with Crippen molar-refractivity contribution in [2.24, 2.45) is 0 Å². The van der Waals surface area contributed by atoms with Crippen molar-refractivity contribution in [2.75, 3.05) is 0 Å². The Labute approximate surface area is 76.8 Å². The van der Waals surface area contributed by atoms with Crippen molar-refractivity contribution in [1.82, 2.24) is 0 Å². The molecular formula is C9H9Ti-. The molecule has 0 unspecified atom stereocenters. The van der Waals surface area contributed by atoms with Crippen LogP contribution in [0, 0.1) is 6.92 Å². The monoisotopic (exact) mass is 165 g/mol. The molecule has 0 aliphatic heterocycles. The Morgan fingerprint density at radius 1 is 1.20 bits per heavy atom. The fraction of sp³-hybridized carbons (Fsp3) is 0. The summed E-state index contributed by atoms with van der Waals surface area (Å²) in [5.74, 6) is 0. The number of benzene rings is 1. The van der Waals surface area contributed by atoms with Crippen molar-refractivity contribution in [2.45, 2.75) is 0 Å². The fourth-order valence-electron chi connectivity index (χ4n) is 0.654. The Balaban J connectivity index is 0.000000810. The van der Waals surface area contributed by atoms with E-state index in [2.05, 4.69) is 13.5 Å². The Kier molecular flexibility index (Phi) is 4.17. The molecule has 0 saturated carbocycles. The molecule has 50 valence electrons. The Morgan fingerprint density at radius 3 is 2.10 bits per heavy atom. The number of hydrogen-bond acceptors (Lipinski definition) is 0. The fourth-order valence-corrected chi connectivity index (χ4v) is 0.654. The first-order valence-corrected chi connectivity index (χ1v) is 2.87. The Morgan fingerprint density at radius 2 is 1.70 bits per heavy atom. The molecule has 1 aromatic carbocycles. The SMILES string of the molecule is C=Cc1ccc([CH2-])cc1.[Ti]. The number of rotatable bonds is 1. The third-order valence-corrected chi connectivity index (χ3v) is 1.22. The molecule has 0 N–H and O–H groups in total. The van der Waals surface area contributed by atoms with Crippen LogP contribution in [0.4, 0.5) is 0 Å². The molecule has 0 atom stereocenters. The maximum atomic E-state index is 3.76. The van der Waals surface area contributed by atoms with Gasteiger partial charge < -0.3 is 0 Å². The normalized spacial score (nSPS) is 8.00. The molecule has 0 saturated heterocycles. The molecule has 1 heteroatoms. The van der Waals surface area contributed by atoms with Crippen molar-refractivity contribution in [3.05, 3.63) is 48.9 Å². The van der Waals surface area contributed by atoms with E-state index in [9.17, 15) is 0 Å². The molecule has 0 spiro atoms. The molecule has 10 heavy (non-hydrogen) atoms. The Hall–Kier alpha value is -0.456. The predicted molar refractivity (Wildman–Crippen MR) is 41.0 cm³/mol. The summed E-state index contributed by atoms with van der Waals surface area (Å²) >= 11 is 0. The minimum atomic E-state index is 0. The zero-order valence-corrected chi connectivity index (χ0v) is 7.36. The van der Waals surface area contributed by atoms with Crippen molar-refractivity contribution in [3.63, 3.8) is 0 Å². The van der Waals surface area contributed by atoms with Gasteiger partial charge in [-0.1, -0.05) is 18.2 Å². The van der Waals surface area contributed by atoms with E-state index in [-0.39, 0.29) is 21.7 Å². The largest absolute Gasteiger partial charge is 0.199 e. The molecule has 0 aromatic heterocycles. The van der Waals surface area contributed by atoms with Crippen LogP contribution in [0.1, 0.15) is 11.1 Å². The van der Waals surface area contributed by atoms with E-state index < -0.39 is 0 Å². The second-order valence-electron chi connectivity index (χ2n) is 1.95. The minimum Gasteiger partial charge on any atom is -0.199 e. The summed E-state index contributed by atoms with van der Waals surface area (Å²) in [6, 6.07) is 7.93. The second kappa shape index (κ2) is 4.37. The second-order valence-corrected chi connectivity index (χ2v) is 1.95. The average Bonchev–Trinajstić information content (AvgIpc) is 1.90. The van der Waals surface area contributed by atoms with Crippen LogP contribution in [0.5, 0.6) is 0 Å². The van der Waals surface area contributed by atoms with Gasteiger partial charge in [0.05, 0.1) is 0 Å². The number of hydrogen-bond donors (Lipinski definition) is 0. The molecule has 1 aromatic rings. The zero-order chi connectivity index (χ0) is 6.69. The van der Waals surface area contributed by atoms with Crippen LogP contribution >= 0.6 is 0 Å². The van der Waals surface area contributed by atoms with E-state index in [1.165, 1.54) is 0 Å². The van der Waals surface area contributed by atoms with Crippen LogP contribution in [-0.2, 0) is 21.7 Å². The molecule has 0 fully saturated rings. The van der Waals surface area contributed by atoms with Gasteiger partial charge in [-0.25, -0.2) is 0 Å². The Bertz CT molecular complexity index is 198. The van der Waals surface area contributed by atoms with Crippen molar-refractivity contribution in [3.8, 4) is 0 Å². The first-order valence-electron chi connectivity index (χ1n) is 2.87. The summed E-state index contributed by atoms with van der Waals surface area (Å²) in [6.45, 7) is 7.40. The summed E-state index contributed by atoms with van der Waals surface area (Å²) in [7, 11) is 0. The maximum Gasteiger partial charge on any atom is 0 e. The zero-order valence-electron chi connectivity index (χ0n) is 5.80. The average molecular weight is 165 g/mol. The van der Waals surface area contributed by atoms with Crippen molar-refractivity contribution < 1.29 is 21.7 Å². The molecule has 0 bridgehead atoms. The van der Waals surface area contributed by atoms with Crippen molar-refractivity contribution >= 4 is 6.08 Å². The summed E-state index contributed by atoms with van der Waals surface area (Å²) < 4.78 is 0. The molecule has 0 nitrogen and oxygen atoms in total. The third kappa shape index (κ3) is 2.42. The van der Waals surface area contributed by atoms with Crippen LogP contribution in [0.2, 0.25) is 0 Å². The molecular weight excluding hydrogens is 156 g/mol. The van der Waals surface area contributed by atoms with Gasteiger partial charge in [0.1, 0.15) is 0 Å². The van der Waals surface area contributed by atoms with Crippen LogP contribution in [0.25, 0.3) is 6.08 Å². The van der Waals surface area contributed by atoms with Gasteiger partial charge in [0.15, 0.2) is 0 Å². The van der Waals surface area contributed by atoms with E-state index in [0.717, 1.165) is 11.1 Å². The van der Waals surface area contributed by atoms with Gasteiger partial charge in [-0.05, 0) is 0 Å². The van der Waals surface area contributed by atoms with Crippen LogP contribution < -0.4 is 0 Å². The van der Waals surface area contributed by atoms with E-state index in [1.54, 1.807) is 0 Å². The smallest absolute Gasteiger partial charge is 0 e. The summed E-state index contributed by atoms with van der Waals surface area (Å²) in [6.07, 6.45) is 1.82. The molecule has 0 heterocycles. The molecule has 0 aliphatic rings. The quantitative estimate of drug-likeness (QED) is 0.443. The van der Waals surface area contributed by atoms with Gasteiger partial charge >= 0.3 is 0 Å². The molecule has 0 aliphatic carbocycles. The first-order chi connectivity index (χ1) is 4.33. The van der Waals surface area contributed by atoms with Gasteiger partial charge in [-0.3, -0.25) is 0 Å². The predicted octanol–water partition coefficient (Wildman–Crippen LogP) is 2.51. The van der Waals surface area contributed by atoms with Crippen LogP contribution in [-0.4, -0.2) is 0 Å². The van der Waals surface area contributed by atoms with E-state index in [1.807, 2.05) is 30.3 Å². The molecule has 0 amide bonds. The van der Waals surface area contributed by atoms with E-state index in [4.69, 9.17) is 0 Å². The van der Waals surface area contributed by atoms with Crippen molar-refractivity contribution in [1.29, 1.82) is 0 Å². The molecule has 1 rings (SSSR count). The molecule has 0 radical (unpaired) electrons. The minimum absolute atomic E-state index is 0. The first kappa shape index (κ1) is 9.54. The van der Waals surface area contributed by atoms with Gasteiger partial charge in [0, 0.05) is 21.7 Å². The summed E-state index contributed by atoms with van der Waals surface area (Å²) in [5.41, 5.74) is 2.18. The van der Waals surface area contributed by atoms with Gasteiger partial charge in [0.2, 0.25) is 0 Å². The van der Waals surface area contributed by atoms with Crippen LogP contribution in [0.3, 0.4) is 0 Å². The van der Waals surface area contributed by atoms with Gasteiger partial charge in [-0.2, -0.15) is 24.6 Å². The van der Waals surface area contributed by atoms with Gasteiger partial charge in [0.25, 0.3) is 0 Å². The summed E-state index contributed by atoms with van der Waals surface area (Å²) in [4.78, 5) is 0. The van der Waals surface area contributed by atoms with E-state index >= 15 is 0 Å². The standard InChI is InChI=1S/C9H9.Ti/c1-3-9-6-4-8(2)5-7-9;/h3-7H,1-2H2;/q-1;. The summed E-state index contributed by atoms with van der Waals surface area (Å²) in [5, 5.41) is 0. The van der Waals surface area contributed by atoms with E-state index in [0.29, 0.717) is 0 Å². The third-order valence-electron chi connectivity index (χ3n) is 1.22. The van der Waals surface area contributed by atoms with Crippen LogP contribution in [0.15, 0.2) is 30.8 Å².